The number of nitrogens with two attached hydrogens (primary N) is 1. The summed E-state index contributed by atoms with van der Waals surface area (Å²) in [6, 6.07) is -0.543. The molecule has 0 aliphatic carbocycles. The third kappa shape index (κ3) is 5.23. The van der Waals surface area contributed by atoms with E-state index in [1.165, 1.54) is 4.31 Å². The van der Waals surface area contributed by atoms with Crippen molar-refractivity contribution in [3.05, 3.63) is 0 Å². The van der Waals surface area contributed by atoms with Crippen LogP contribution in [0.25, 0.3) is 0 Å². The summed E-state index contributed by atoms with van der Waals surface area (Å²) in [7, 11) is -3.13. The summed E-state index contributed by atoms with van der Waals surface area (Å²) in [6.45, 7) is 8.58. The van der Waals surface area contributed by atoms with E-state index in [9.17, 15) is 13.2 Å². The number of hydrogen-bond acceptors (Lipinski definition) is 4. The first-order chi connectivity index (χ1) is 9.58. The van der Waals surface area contributed by atoms with Crippen molar-refractivity contribution in [2.45, 2.75) is 59.0 Å². The Morgan fingerprint density at radius 1 is 1.33 bits per heavy atom. The lowest BCUT2D eigenvalue weighted by molar-refractivity contribution is -0.125. The Labute approximate surface area is 128 Å². The molecule has 1 amide bonds. The van der Waals surface area contributed by atoms with Crippen LogP contribution < -0.4 is 11.1 Å². The first-order valence-electron chi connectivity index (χ1n) is 7.61. The molecule has 124 valence electrons. The van der Waals surface area contributed by atoms with Gasteiger partial charge >= 0.3 is 0 Å². The normalized spacial score (nSPS) is 20.2. The highest BCUT2D eigenvalue weighted by Gasteiger charge is 2.31. The molecule has 1 aliphatic heterocycles. The van der Waals surface area contributed by atoms with Crippen molar-refractivity contribution in [2.24, 2.45) is 11.1 Å². The molecule has 0 aromatic rings. The zero-order valence-corrected chi connectivity index (χ0v) is 14.4. The van der Waals surface area contributed by atoms with Gasteiger partial charge in [-0.3, -0.25) is 4.79 Å². The van der Waals surface area contributed by atoms with Gasteiger partial charge in [0.15, 0.2) is 0 Å². The van der Waals surface area contributed by atoms with E-state index in [1.807, 2.05) is 27.7 Å². The molecule has 1 unspecified atom stereocenters. The number of hydrogen-bond donors (Lipinski definition) is 2. The Morgan fingerprint density at radius 2 is 1.86 bits per heavy atom. The fourth-order valence-corrected chi connectivity index (χ4v) is 3.89. The zero-order valence-electron chi connectivity index (χ0n) is 13.6. The standard InChI is InChI=1S/C14H29N3O3S/c1-5-10-21(19,20)17-8-6-11(7-9-17)16-13(18)12(15)14(2,3)4/h11-12H,5-10,15H2,1-4H3,(H,16,18). The fraction of sp³-hybridized carbons (Fsp3) is 0.929. The molecule has 1 saturated heterocycles. The lowest BCUT2D eigenvalue weighted by Crippen LogP contribution is -2.54. The van der Waals surface area contributed by atoms with Gasteiger partial charge in [0.25, 0.3) is 0 Å². The minimum atomic E-state index is -3.13. The highest BCUT2D eigenvalue weighted by Crippen LogP contribution is 2.19. The van der Waals surface area contributed by atoms with Gasteiger partial charge < -0.3 is 11.1 Å². The van der Waals surface area contributed by atoms with Crippen LogP contribution in [0.15, 0.2) is 0 Å². The van der Waals surface area contributed by atoms with Gasteiger partial charge in [-0.15, -0.1) is 0 Å². The molecule has 0 spiro atoms. The van der Waals surface area contributed by atoms with Crippen molar-refractivity contribution >= 4 is 15.9 Å². The Morgan fingerprint density at radius 3 is 2.29 bits per heavy atom. The van der Waals surface area contributed by atoms with Crippen LogP contribution in [0.3, 0.4) is 0 Å². The van der Waals surface area contributed by atoms with Crippen molar-refractivity contribution in [1.29, 1.82) is 0 Å². The summed E-state index contributed by atoms with van der Waals surface area (Å²) in [5.74, 6) is 0.0382. The van der Waals surface area contributed by atoms with Crippen molar-refractivity contribution in [3.63, 3.8) is 0 Å². The maximum Gasteiger partial charge on any atom is 0.237 e. The highest BCUT2D eigenvalue weighted by molar-refractivity contribution is 7.89. The maximum absolute atomic E-state index is 12.1. The molecule has 3 N–H and O–H groups in total. The van der Waals surface area contributed by atoms with Gasteiger partial charge in [-0.2, -0.15) is 0 Å². The van der Waals surface area contributed by atoms with Crippen LogP contribution in [0.4, 0.5) is 0 Å². The quantitative estimate of drug-likeness (QED) is 0.779. The second-order valence-electron chi connectivity index (χ2n) is 6.84. The Bertz CT molecular complexity index is 449. The summed E-state index contributed by atoms with van der Waals surface area (Å²) in [4.78, 5) is 12.1. The average Bonchev–Trinajstić information content (AvgIpc) is 2.37. The molecular weight excluding hydrogens is 290 g/mol. The van der Waals surface area contributed by atoms with E-state index < -0.39 is 16.1 Å². The number of carbonyl (C=O) groups excluding carboxylic acids is 1. The van der Waals surface area contributed by atoms with Gasteiger partial charge in [0, 0.05) is 19.1 Å². The van der Waals surface area contributed by atoms with Crippen LogP contribution in [0.1, 0.15) is 47.0 Å². The van der Waals surface area contributed by atoms with E-state index in [-0.39, 0.29) is 23.1 Å². The molecule has 1 aliphatic rings. The van der Waals surface area contributed by atoms with Crippen LogP contribution in [-0.4, -0.2) is 49.6 Å². The smallest absolute Gasteiger partial charge is 0.237 e. The van der Waals surface area contributed by atoms with Crippen LogP contribution in [-0.2, 0) is 14.8 Å². The molecule has 0 saturated carbocycles. The molecule has 1 rings (SSSR count). The number of carbonyl (C=O) groups is 1. The van der Waals surface area contributed by atoms with Gasteiger partial charge in [0.05, 0.1) is 11.8 Å². The summed E-state index contributed by atoms with van der Waals surface area (Å²) < 4.78 is 25.5. The van der Waals surface area contributed by atoms with E-state index in [4.69, 9.17) is 5.73 Å². The molecule has 0 bridgehead atoms. The molecule has 0 aromatic carbocycles. The number of piperidine rings is 1. The summed E-state index contributed by atoms with van der Waals surface area (Å²) in [5.41, 5.74) is 5.65. The second kappa shape index (κ2) is 7.07. The number of nitrogens with one attached hydrogen (secondary N) is 1. The van der Waals surface area contributed by atoms with Gasteiger partial charge in [-0.25, -0.2) is 12.7 Å². The molecule has 0 radical (unpaired) electrons. The third-order valence-electron chi connectivity index (χ3n) is 3.87. The molecule has 0 aromatic heterocycles. The maximum atomic E-state index is 12.1. The van der Waals surface area contributed by atoms with Gasteiger partial charge in [0.2, 0.25) is 15.9 Å². The topological polar surface area (TPSA) is 92.5 Å². The molecular formula is C14H29N3O3S. The van der Waals surface area contributed by atoms with Crippen LogP contribution >= 0.6 is 0 Å². The lowest BCUT2D eigenvalue weighted by atomic mass is 9.86. The van der Waals surface area contributed by atoms with E-state index >= 15 is 0 Å². The van der Waals surface area contributed by atoms with Crippen molar-refractivity contribution < 1.29 is 13.2 Å². The van der Waals surface area contributed by atoms with Crippen LogP contribution in [0.5, 0.6) is 0 Å². The zero-order chi connectivity index (χ0) is 16.3. The number of amides is 1. The number of rotatable bonds is 5. The highest BCUT2D eigenvalue weighted by atomic mass is 32.2. The molecule has 1 heterocycles. The van der Waals surface area contributed by atoms with Gasteiger partial charge in [-0.1, -0.05) is 27.7 Å². The average molecular weight is 319 g/mol. The fourth-order valence-electron chi connectivity index (χ4n) is 2.35. The number of sulfonamides is 1. The SMILES string of the molecule is CCCS(=O)(=O)N1CCC(NC(=O)C(N)C(C)(C)C)CC1. The minimum absolute atomic E-state index is 0.0129. The summed E-state index contributed by atoms with van der Waals surface area (Å²) >= 11 is 0. The van der Waals surface area contributed by atoms with Crippen molar-refractivity contribution in [2.75, 3.05) is 18.8 Å². The third-order valence-corrected chi connectivity index (χ3v) is 5.95. The van der Waals surface area contributed by atoms with E-state index in [0.29, 0.717) is 32.4 Å². The molecule has 6 nitrogen and oxygen atoms in total. The number of nitrogens with zero attached hydrogens (tertiary/aromatic N) is 1. The Hall–Kier alpha value is -0.660. The molecule has 7 heteroatoms. The van der Waals surface area contributed by atoms with Gasteiger partial charge in [0.1, 0.15) is 0 Å². The Balaban J connectivity index is 2.49. The van der Waals surface area contributed by atoms with Crippen molar-refractivity contribution in [1.82, 2.24) is 9.62 Å². The molecule has 1 fully saturated rings. The van der Waals surface area contributed by atoms with E-state index in [0.717, 1.165) is 0 Å². The molecule has 21 heavy (non-hydrogen) atoms. The second-order valence-corrected chi connectivity index (χ2v) is 8.93. The predicted octanol–water partition coefficient (Wildman–Crippen LogP) is 0.680. The van der Waals surface area contributed by atoms with Gasteiger partial charge in [-0.05, 0) is 24.7 Å². The molecule has 1 atom stereocenters. The summed E-state index contributed by atoms with van der Waals surface area (Å²) in [6.07, 6.45) is 1.91. The monoisotopic (exact) mass is 319 g/mol. The van der Waals surface area contributed by atoms with Crippen LogP contribution in [0.2, 0.25) is 0 Å². The first-order valence-corrected chi connectivity index (χ1v) is 9.22. The van der Waals surface area contributed by atoms with Crippen molar-refractivity contribution in [3.8, 4) is 0 Å². The first kappa shape index (κ1) is 18.4. The lowest BCUT2D eigenvalue weighted by Gasteiger charge is -2.33. The largest absolute Gasteiger partial charge is 0.352 e. The Kier molecular flexibility index (Phi) is 6.19. The predicted molar refractivity (Wildman–Crippen MR) is 84.2 cm³/mol. The minimum Gasteiger partial charge on any atom is -0.352 e. The summed E-state index contributed by atoms with van der Waals surface area (Å²) in [5, 5.41) is 2.94. The van der Waals surface area contributed by atoms with Crippen LogP contribution in [0, 0.1) is 5.41 Å². The van der Waals surface area contributed by atoms with E-state index in [1.54, 1.807) is 0 Å². The van der Waals surface area contributed by atoms with E-state index in [2.05, 4.69) is 5.32 Å².